The van der Waals surface area contributed by atoms with E-state index in [1.807, 2.05) is 11.0 Å². The first-order valence-electron chi connectivity index (χ1n) is 8.20. The maximum absolute atomic E-state index is 12.8. The Morgan fingerprint density at radius 2 is 2.00 bits per heavy atom. The van der Waals surface area contributed by atoms with Gasteiger partial charge in [-0.3, -0.25) is 4.79 Å². The van der Waals surface area contributed by atoms with Crippen LogP contribution in [0.2, 0.25) is 0 Å². The van der Waals surface area contributed by atoms with E-state index in [0.29, 0.717) is 24.5 Å². The van der Waals surface area contributed by atoms with Crippen molar-refractivity contribution < 1.29 is 9.53 Å². The summed E-state index contributed by atoms with van der Waals surface area (Å²) in [6.45, 7) is 3.32. The molecule has 0 spiro atoms. The number of hydrogen-bond acceptors (Lipinski definition) is 3. The van der Waals surface area contributed by atoms with E-state index >= 15 is 0 Å². The summed E-state index contributed by atoms with van der Waals surface area (Å²) in [5, 5.41) is 0. The molecule has 1 amide bonds. The predicted molar refractivity (Wildman–Crippen MR) is 87.3 cm³/mol. The molecule has 1 aliphatic carbocycles. The van der Waals surface area contributed by atoms with Gasteiger partial charge in [0.1, 0.15) is 11.7 Å². The summed E-state index contributed by atoms with van der Waals surface area (Å²) < 4.78 is 5.92. The lowest BCUT2D eigenvalue weighted by Crippen LogP contribution is -2.27. The minimum Gasteiger partial charge on any atom is -0.474 e. The zero-order chi connectivity index (χ0) is 15.8. The van der Waals surface area contributed by atoms with Crippen molar-refractivity contribution in [2.24, 2.45) is 0 Å². The molecule has 0 unspecified atom stereocenters. The first-order chi connectivity index (χ1) is 11.2. The number of carbonyl (C=O) groups excluding carboxylic acids is 1. The van der Waals surface area contributed by atoms with E-state index in [-0.39, 0.29) is 12.0 Å². The van der Waals surface area contributed by atoms with E-state index in [1.54, 1.807) is 6.20 Å². The minimum absolute atomic E-state index is 0.0306. The summed E-state index contributed by atoms with van der Waals surface area (Å²) in [6, 6.07) is 10.2. The molecule has 4 nitrogen and oxygen atoms in total. The third-order valence-electron chi connectivity index (χ3n) is 4.69. The van der Waals surface area contributed by atoms with Gasteiger partial charge >= 0.3 is 0 Å². The topological polar surface area (TPSA) is 42.4 Å². The normalized spacial score (nSPS) is 17.1. The van der Waals surface area contributed by atoms with Crippen LogP contribution in [0.1, 0.15) is 46.3 Å². The fourth-order valence-corrected chi connectivity index (χ4v) is 3.05. The molecule has 23 heavy (non-hydrogen) atoms. The molecule has 2 heterocycles. The minimum atomic E-state index is 0.0306. The average molecular weight is 308 g/mol. The molecule has 0 radical (unpaired) electrons. The van der Waals surface area contributed by atoms with Crippen molar-refractivity contribution in [3.05, 3.63) is 58.8 Å². The van der Waals surface area contributed by atoms with Crippen molar-refractivity contribution in [3.8, 4) is 5.88 Å². The van der Waals surface area contributed by atoms with Crippen LogP contribution in [0.25, 0.3) is 0 Å². The summed E-state index contributed by atoms with van der Waals surface area (Å²) >= 11 is 0. The number of benzene rings is 1. The van der Waals surface area contributed by atoms with Crippen LogP contribution < -0.4 is 4.74 Å². The van der Waals surface area contributed by atoms with Crippen molar-refractivity contribution >= 4 is 5.91 Å². The van der Waals surface area contributed by atoms with Gasteiger partial charge < -0.3 is 9.64 Å². The summed E-state index contributed by atoms with van der Waals surface area (Å²) in [5.74, 6) is 0.548. The molecular formula is C19H20N2O2. The standard InChI is InChI=1S/C19H20N2O2/c1-13-5-7-14(8-6-13)11-21-12-15-9-10-20-18(17(15)19(21)22)23-16-3-2-4-16/h5-10,16H,2-4,11-12H2,1H3. The highest BCUT2D eigenvalue weighted by molar-refractivity contribution is 6.00. The fraction of sp³-hybridized carbons (Fsp3) is 0.368. The van der Waals surface area contributed by atoms with Crippen molar-refractivity contribution in [1.82, 2.24) is 9.88 Å². The van der Waals surface area contributed by atoms with Gasteiger partial charge in [0.25, 0.3) is 5.91 Å². The van der Waals surface area contributed by atoms with Crippen LogP contribution in [0.15, 0.2) is 36.5 Å². The Balaban J connectivity index is 1.55. The molecule has 1 aliphatic heterocycles. The van der Waals surface area contributed by atoms with Gasteiger partial charge in [-0.1, -0.05) is 29.8 Å². The Kier molecular flexibility index (Phi) is 3.52. The van der Waals surface area contributed by atoms with Crippen LogP contribution in [0.5, 0.6) is 5.88 Å². The third kappa shape index (κ3) is 2.69. The van der Waals surface area contributed by atoms with Gasteiger partial charge in [-0.05, 0) is 43.4 Å². The summed E-state index contributed by atoms with van der Waals surface area (Å²) in [6.07, 6.45) is 5.30. The van der Waals surface area contributed by atoms with Gasteiger partial charge in [-0.15, -0.1) is 0 Å². The van der Waals surface area contributed by atoms with E-state index in [0.717, 1.165) is 24.0 Å². The van der Waals surface area contributed by atoms with Gasteiger partial charge in [0.15, 0.2) is 0 Å². The number of aryl methyl sites for hydroxylation is 1. The van der Waals surface area contributed by atoms with Crippen LogP contribution in [-0.2, 0) is 13.1 Å². The first-order valence-corrected chi connectivity index (χ1v) is 8.20. The zero-order valence-electron chi connectivity index (χ0n) is 13.3. The molecule has 2 aliphatic rings. The number of nitrogens with zero attached hydrogens (tertiary/aromatic N) is 2. The largest absolute Gasteiger partial charge is 0.474 e. The third-order valence-corrected chi connectivity index (χ3v) is 4.69. The molecule has 4 rings (SSSR count). The highest BCUT2D eigenvalue weighted by Crippen LogP contribution is 2.33. The number of pyridine rings is 1. The Labute approximate surface area is 136 Å². The second-order valence-electron chi connectivity index (χ2n) is 6.47. The average Bonchev–Trinajstić information content (AvgIpc) is 2.82. The van der Waals surface area contributed by atoms with Gasteiger partial charge in [0.2, 0.25) is 5.88 Å². The van der Waals surface area contributed by atoms with Crippen molar-refractivity contribution in [2.45, 2.75) is 45.4 Å². The van der Waals surface area contributed by atoms with E-state index in [9.17, 15) is 4.79 Å². The Morgan fingerprint density at radius 1 is 1.22 bits per heavy atom. The molecule has 118 valence electrons. The molecule has 0 atom stereocenters. The second kappa shape index (κ2) is 5.69. The van der Waals surface area contributed by atoms with Crippen LogP contribution in [0.4, 0.5) is 0 Å². The van der Waals surface area contributed by atoms with E-state index in [2.05, 4.69) is 36.2 Å². The second-order valence-corrected chi connectivity index (χ2v) is 6.47. The SMILES string of the molecule is Cc1ccc(CN2Cc3ccnc(OC4CCC4)c3C2=O)cc1. The molecule has 1 aromatic carbocycles. The van der Waals surface area contributed by atoms with Crippen LogP contribution in [0, 0.1) is 6.92 Å². The highest BCUT2D eigenvalue weighted by Gasteiger charge is 2.33. The zero-order valence-corrected chi connectivity index (χ0v) is 13.3. The first kappa shape index (κ1) is 14.2. The monoisotopic (exact) mass is 308 g/mol. The fourth-order valence-electron chi connectivity index (χ4n) is 3.05. The lowest BCUT2D eigenvalue weighted by atomic mass is 9.96. The molecular weight excluding hydrogens is 288 g/mol. The highest BCUT2D eigenvalue weighted by atomic mass is 16.5. The number of rotatable bonds is 4. The smallest absolute Gasteiger partial charge is 0.260 e. The Bertz CT molecular complexity index is 736. The van der Waals surface area contributed by atoms with Crippen molar-refractivity contribution in [1.29, 1.82) is 0 Å². The number of ether oxygens (including phenoxy) is 1. The number of aromatic nitrogens is 1. The Morgan fingerprint density at radius 3 is 2.70 bits per heavy atom. The van der Waals surface area contributed by atoms with E-state index in [4.69, 9.17) is 4.74 Å². The van der Waals surface area contributed by atoms with E-state index in [1.165, 1.54) is 12.0 Å². The van der Waals surface area contributed by atoms with Crippen LogP contribution in [-0.4, -0.2) is 21.9 Å². The Hall–Kier alpha value is -2.36. The molecule has 0 N–H and O–H groups in total. The molecule has 1 aromatic heterocycles. The van der Waals surface area contributed by atoms with Crippen molar-refractivity contribution in [3.63, 3.8) is 0 Å². The summed E-state index contributed by atoms with van der Waals surface area (Å²) in [7, 11) is 0. The van der Waals surface area contributed by atoms with Gasteiger partial charge in [0, 0.05) is 19.3 Å². The molecule has 1 saturated carbocycles. The number of hydrogen-bond donors (Lipinski definition) is 0. The van der Waals surface area contributed by atoms with E-state index < -0.39 is 0 Å². The number of fused-ring (bicyclic) bond motifs is 1. The predicted octanol–water partition coefficient (Wildman–Crippen LogP) is 3.48. The number of amides is 1. The lowest BCUT2D eigenvalue weighted by molar-refractivity contribution is 0.0750. The molecule has 0 bridgehead atoms. The van der Waals surface area contributed by atoms with Gasteiger partial charge in [-0.2, -0.15) is 0 Å². The van der Waals surface area contributed by atoms with Crippen LogP contribution in [0.3, 0.4) is 0 Å². The van der Waals surface area contributed by atoms with Crippen molar-refractivity contribution in [2.75, 3.05) is 0 Å². The maximum atomic E-state index is 12.8. The number of carbonyl (C=O) groups is 1. The molecule has 0 saturated heterocycles. The van der Waals surface area contributed by atoms with Gasteiger partial charge in [-0.25, -0.2) is 4.98 Å². The maximum Gasteiger partial charge on any atom is 0.260 e. The summed E-state index contributed by atoms with van der Waals surface area (Å²) in [5.41, 5.74) is 4.05. The van der Waals surface area contributed by atoms with Crippen LogP contribution >= 0.6 is 0 Å². The molecule has 1 fully saturated rings. The lowest BCUT2D eigenvalue weighted by Gasteiger charge is -2.26. The molecule has 2 aromatic rings. The summed E-state index contributed by atoms with van der Waals surface area (Å²) in [4.78, 5) is 19.0. The van der Waals surface area contributed by atoms with Gasteiger partial charge in [0.05, 0.1) is 0 Å². The quantitative estimate of drug-likeness (QED) is 0.868. The molecule has 4 heteroatoms.